The van der Waals surface area contributed by atoms with E-state index in [4.69, 9.17) is 0 Å². The van der Waals surface area contributed by atoms with E-state index >= 15 is 0 Å². The number of rotatable bonds is 3. The van der Waals surface area contributed by atoms with Crippen molar-refractivity contribution in [2.45, 2.75) is 50.8 Å². The number of carbonyl (C=O) groups excluding carboxylic acids is 1. The Bertz CT molecular complexity index is 373. The topological polar surface area (TPSA) is 63.2 Å². The van der Waals surface area contributed by atoms with E-state index in [1.807, 2.05) is 0 Å². The highest BCUT2D eigenvalue weighted by atomic mass is 32.2. The molecule has 94 valence electrons. The van der Waals surface area contributed by atoms with Crippen molar-refractivity contribution in [1.82, 2.24) is 5.32 Å². The predicted octanol–water partition coefficient (Wildman–Crippen LogP) is 1.11. The normalized spacial score (nSPS) is 26.8. The summed E-state index contributed by atoms with van der Waals surface area (Å²) in [6.45, 7) is 5.06. The number of hydrogen-bond acceptors (Lipinski definition) is 3. The Morgan fingerprint density at radius 2 is 1.88 bits per heavy atom. The summed E-state index contributed by atoms with van der Waals surface area (Å²) in [4.78, 5) is 11.9. The lowest BCUT2D eigenvalue weighted by atomic mass is 10.1. The van der Waals surface area contributed by atoms with E-state index in [1.165, 1.54) is 13.8 Å². The summed E-state index contributed by atoms with van der Waals surface area (Å²) in [7, 11) is -3.37. The first kappa shape index (κ1) is 13.5. The largest absolute Gasteiger partial charge is 0.352 e. The van der Waals surface area contributed by atoms with Crippen LogP contribution in [0.4, 0.5) is 0 Å². The summed E-state index contributed by atoms with van der Waals surface area (Å²) in [6.07, 6.45) is 4.10. The van der Waals surface area contributed by atoms with Crippen LogP contribution in [-0.2, 0) is 14.6 Å². The molecule has 1 aliphatic rings. The third kappa shape index (κ3) is 2.75. The first-order valence-electron chi connectivity index (χ1n) is 5.65. The Balaban J connectivity index is 2.66. The lowest BCUT2D eigenvalue weighted by molar-refractivity contribution is -0.123. The summed E-state index contributed by atoms with van der Waals surface area (Å²) in [5.74, 6) is 0.237. The van der Waals surface area contributed by atoms with Gasteiger partial charge in [-0.2, -0.15) is 0 Å². The second kappa shape index (κ2) is 4.35. The minimum absolute atomic E-state index is 0.142. The second-order valence-electron chi connectivity index (χ2n) is 5.37. The molecular weight excluding hydrogens is 226 g/mol. The van der Waals surface area contributed by atoms with E-state index in [0.717, 1.165) is 25.5 Å². The first-order chi connectivity index (χ1) is 7.14. The van der Waals surface area contributed by atoms with Crippen LogP contribution < -0.4 is 5.32 Å². The number of hydrogen-bond donors (Lipinski definition) is 1. The van der Waals surface area contributed by atoms with Crippen molar-refractivity contribution in [3.05, 3.63) is 0 Å². The number of amides is 1. The molecule has 0 spiro atoms. The Hall–Kier alpha value is -0.580. The molecule has 16 heavy (non-hydrogen) atoms. The zero-order chi connectivity index (χ0) is 12.6. The van der Waals surface area contributed by atoms with E-state index in [9.17, 15) is 13.2 Å². The molecule has 2 atom stereocenters. The maximum absolute atomic E-state index is 11.9. The summed E-state index contributed by atoms with van der Waals surface area (Å²) >= 11 is 0. The monoisotopic (exact) mass is 247 g/mol. The van der Waals surface area contributed by atoms with E-state index in [2.05, 4.69) is 12.2 Å². The van der Waals surface area contributed by atoms with Gasteiger partial charge in [0.05, 0.1) is 0 Å². The quantitative estimate of drug-likeness (QED) is 0.812. The van der Waals surface area contributed by atoms with Crippen molar-refractivity contribution < 1.29 is 13.2 Å². The molecule has 0 aromatic heterocycles. The van der Waals surface area contributed by atoms with Gasteiger partial charge in [0, 0.05) is 12.3 Å². The van der Waals surface area contributed by atoms with Crippen LogP contribution in [0.15, 0.2) is 0 Å². The van der Waals surface area contributed by atoms with Gasteiger partial charge in [-0.15, -0.1) is 0 Å². The predicted molar refractivity (Wildman–Crippen MR) is 63.9 cm³/mol. The molecule has 0 aromatic rings. The van der Waals surface area contributed by atoms with Crippen LogP contribution in [0.1, 0.15) is 40.0 Å². The maximum Gasteiger partial charge on any atom is 0.241 e. The fourth-order valence-corrected chi connectivity index (χ4v) is 2.26. The van der Waals surface area contributed by atoms with Gasteiger partial charge in [-0.05, 0) is 39.0 Å². The molecular formula is C11H21NO3S. The zero-order valence-corrected chi connectivity index (χ0v) is 11.2. The Labute approximate surface area is 97.7 Å². The van der Waals surface area contributed by atoms with Gasteiger partial charge in [0.15, 0.2) is 9.84 Å². The van der Waals surface area contributed by atoms with Crippen LogP contribution in [0.3, 0.4) is 0 Å². The van der Waals surface area contributed by atoms with E-state index in [1.54, 1.807) is 0 Å². The molecule has 1 aliphatic carbocycles. The van der Waals surface area contributed by atoms with Crippen molar-refractivity contribution in [2.75, 3.05) is 6.26 Å². The van der Waals surface area contributed by atoms with E-state index in [-0.39, 0.29) is 11.9 Å². The third-order valence-electron chi connectivity index (χ3n) is 3.50. The van der Waals surface area contributed by atoms with Crippen molar-refractivity contribution in [2.24, 2.45) is 5.92 Å². The van der Waals surface area contributed by atoms with Gasteiger partial charge >= 0.3 is 0 Å². The Morgan fingerprint density at radius 3 is 2.25 bits per heavy atom. The van der Waals surface area contributed by atoms with Crippen molar-refractivity contribution in [1.29, 1.82) is 0 Å². The molecule has 0 bridgehead atoms. The van der Waals surface area contributed by atoms with Gasteiger partial charge in [-0.1, -0.05) is 6.92 Å². The van der Waals surface area contributed by atoms with Crippen LogP contribution >= 0.6 is 0 Å². The van der Waals surface area contributed by atoms with Crippen LogP contribution in [0.5, 0.6) is 0 Å². The maximum atomic E-state index is 11.9. The minimum Gasteiger partial charge on any atom is -0.352 e. The molecule has 4 nitrogen and oxygen atoms in total. The molecule has 1 N–H and O–H groups in total. The van der Waals surface area contributed by atoms with Crippen LogP contribution in [0, 0.1) is 5.92 Å². The molecule has 0 aliphatic heterocycles. The zero-order valence-electron chi connectivity index (χ0n) is 10.4. The molecule has 2 unspecified atom stereocenters. The van der Waals surface area contributed by atoms with Crippen molar-refractivity contribution >= 4 is 15.7 Å². The molecule has 0 aromatic carbocycles. The SMILES string of the molecule is CC1CCC(NC(=O)C(C)(C)S(C)(=O)=O)C1. The molecule has 1 amide bonds. The second-order valence-corrected chi connectivity index (χ2v) is 7.94. The molecule has 0 radical (unpaired) electrons. The highest BCUT2D eigenvalue weighted by Gasteiger charge is 2.39. The van der Waals surface area contributed by atoms with Crippen molar-refractivity contribution in [3.63, 3.8) is 0 Å². The highest BCUT2D eigenvalue weighted by molar-refractivity contribution is 7.92. The average molecular weight is 247 g/mol. The van der Waals surface area contributed by atoms with Crippen molar-refractivity contribution in [3.8, 4) is 0 Å². The Kier molecular flexibility index (Phi) is 3.67. The van der Waals surface area contributed by atoms with E-state index < -0.39 is 14.6 Å². The van der Waals surface area contributed by atoms with E-state index in [0.29, 0.717) is 5.92 Å². The molecule has 5 heteroatoms. The number of carbonyl (C=O) groups is 1. The van der Waals surface area contributed by atoms with Gasteiger partial charge in [0.25, 0.3) is 0 Å². The molecule has 1 saturated carbocycles. The fourth-order valence-electron chi connectivity index (χ4n) is 1.87. The molecule has 0 heterocycles. The summed E-state index contributed by atoms with van der Waals surface area (Å²) in [6, 6.07) is 0.142. The van der Waals surface area contributed by atoms with Gasteiger partial charge in [0.1, 0.15) is 4.75 Å². The summed E-state index contributed by atoms with van der Waals surface area (Å²) in [5.41, 5.74) is 0. The minimum atomic E-state index is -3.37. The lowest BCUT2D eigenvalue weighted by Gasteiger charge is -2.24. The molecule has 1 fully saturated rings. The first-order valence-corrected chi connectivity index (χ1v) is 7.54. The van der Waals surface area contributed by atoms with Crippen LogP contribution in [0.2, 0.25) is 0 Å². The highest BCUT2D eigenvalue weighted by Crippen LogP contribution is 2.25. The standard InChI is InChI=1S/C11H21NO3S/c1-8-5-6-9(7-8)12-10(13)11(2,3)16(4,14)15/h8-9H,5-7H2,1-4H3,(H,12,13). The number of sulfone groups is 1. The van der Waals surface area contributed by atoms with Gasteiger partial charge < -0.3 is 5.32 Å². The molecule has 1 rings (SSSR count). The number of nitrogens with one attached hydrogen (secondary N) is 1. The Morgan fingerprint density at radius 1 is 1.31 bits per heavy atom. The van der Waals surface area contributed by atoms with Crippen LogP contribution in [-0.4, -0.2) is 31.4 Å². The van der Waals surface area contributed by atoms with Crippen LogP contribution in [0.25, 0.3) is 0 Å². The summed E-state index contributed by atoms with van der Waals surface area (Å²) < 4.78 is 21.6. The third-order valence-corrected chi connectivity index (χ3v) is 5.54. The smallest absolute Gasteiger partial charge is 0.241 e. The van der Waals surface area contributed by atoms with Gasteiger partial charge in [-0.3, -0.25) is 4.79 Å². The lowest BCUT2D eigenvalue weighted by Crippen LogP contribution is -2.50. The molecule has 0 saturated heterocycles. The summed E-state index contributed by atoms with van der Waals surface area (Å²) in [5, 5.41) is 2.84. The van der Waals surface area contributed by atoms with Gasteiger partial charge in [-0.25, -0.2) is 8.42 Å². The average Bonchev–Trinajstić information content (AvgIpc) is 2.49. The fraction of sp³-hybridized carbons (Fsp3) is 0.909. The van der Waals surface area contributed by atoms with Gasteiger partial charge in [0.2, 0.25) is 5.91 Å².